The van der Waals surface area contributed by atoms with Gasteiger partial charge in [-0.05, 0) is 40.2 Å². The lowest BCUT2D eigenvalue weighted by Gasteiger charge is -2.10. The van der Waals surface area contributed by atoms with Gasteiger partial charge in [0.1, 0.15) is 11.9 Å². The van der Waals surface area contributed by atoms with E-state index in [1.807, 2.05) is 6.07 Å². The van der Waals surface area contributed by atoms with Crippen LogP contribution in [0.25, 0.3) is 0 Å². The number of halogens is 2. The van der Waals surface area contributed by atoms with Crippen LogP contribution in [0.1, 0.15) is 15.9 Å². The van der Waals surface area contributed by atoms with Crippen LogP contribution >= 0.6 is 27.5 Å². The van der Waals surface area contributed by atoms with E-state index in [2.05, 4.69) is 31.5 Å². The molecule has 1 amide bonds. The Morgan fingerprint density at radius 3 is 2.86 bits per heavy atom. The van der Waals surface area contributed by atoms with Crippen molar-refractivity contribution in [2.24, 2.45) is 0 Å². The predicted octanol–water partition coefficient (Wildman–Crippen LogP) is 3.66. The van der Waals surface area contributed by atoms with E-state index in [9.17, 15) is 4.79 Å². The Morgan fingerprint density at radius 1 is 1.43 bits per heavy atom. The fourth-order valence-electron chi connectivity index (χ4n) is 1.72. The molecule has 2 N–H and O–H groups in total. The molecule has 2 aromatic rings. The van der Waals surface area contributed by atoms with Crippen LogP contribution in [-0.2, 0) is 0 Å². The molecule has 21 heavy (non-hydrogen) atoms. The number of rotatable bonds is 3. The van der Waals surface area contributed by atoms with E-state index >= 15 is 0 Å². The Labute approximate surface area is 135 Å². The molecule has 0 atom stereocenters. The Bertz CT molecular complexity index is 742. The van der Waals surface area contributed by atoms with Crippen molar-refractivity contribution in [3.8, 4) is 6.07 Å². The zero-order chi connectivity index (χ0) is 15.4. The molecule has 106 valence electrons. The highest BCUT2D eigenvalue weighted by Gasteiger charge is 2.15. The highest BCUT2D eigenvalue weighted by atomic mass is 79.9. The van der Waals surface area contributed by atoms with Gasteiger partial charge in [-0.2, -0.15) is 5.26 Å². The number of carbonyl (C=O) groups excluding carboxylic acids is 1. The first-order valence-corrected chi connectivity index (χ1v) is 7.06. The van der Waals surface area contributed by atoms with Gasteiger partial charge in [0.05, 0.1) is 16.8 Å². The van der Waals surface area contributed by atoms with Crippen LogP contribution in [-0.4, -0.2) is 17.9 Å². The summed E-state index contributed by atoms with van der Waals surface area (Å²) in [7, 11) is 1.67. The average molecular weight is 366 g/mol. The number of amides is 1. The lowest BCUT2D eigenvalue weighted by atomic mass is 10.1. The number of pyridine rings is 1. The fourth-order valence-corrected chi connectivity index (χ4v) is 2.22. The number of benzene rings is 1. The van der Waals surface area contributed by atoms with E-state index in [1.165, 1.54) is 6.07 Å². The smallest absolute Gasteiger partial charge is 0.259 e. The number of nitrogens with one attached hydrogen (secondary N) is 2. The molecule has 0 fully saturated rings. The van der Waals surface area contributed by atoms with Crippen LogP contribution in [0.2, 0.25) is 5.02 Å². The summed E-state index contributed by atoms with van der Waals surface area (Å²) in [5.41, 5.74) is 1.05. The molecule has 0 aliphatic carbocycles. The van der Waals surface area contributed by atoms with Gasteiger partial charge in [0.2, 0.25) is 0 Å². The highest BCUT2D eigenvalue weighted by molar-refractivity contribution is 9.10. The molecule has 0 saturated carbocycles. The zero-order valence-electron chi connectivity index (χ0n) is 10.9. The van der Waals surface area contributed by atoms with Crippen molar-refractivity contribution in [2.75, 3.05) is 17.7 Å². The predicted molar refractivity (Wildman–Crippen MR) is 85.6 cm³/mol. The molecule has 0 bridgehead atoms. The second-order valence-electron chi connectivity index (χ2n) is 4.06. The van der Waals surface area contributed by atoms with E-state index < -0.39 is 0 Å². The van der Waals surface area contributed by atoms with Gasteiger partial charge in [0.25, 0.3) is 5.91 Å². The molecule has 0 spiro atoms. The third-order valence-electron chi connectivity index (χ3n) is 2.69. The molecule has 5 nitrogen and oxygen atoms in total. The quantitative estimate of drug-likeness (QED) is 0.870. The maximum Gasteiger partial charge on any atom is 0.259 e. The molecule has 1 aromatic carbocycles. The lowest BCUT2D eigenvalue weighted by molar-refractivity contribution is 0.102. The van der Waals surface area contributed by atoms with Gasteiger partial charge in [-0.3, -0.25) is 4.79 Å². The third kappa shape index (κ3) is 3.51. The summed E-state index contributed by atoms with van der Waals surface area (Å²) >= 11 is 9.17. The minimum absolute atomic E-state index is 0.335. The van der Waals surface area contributed by atoms with Crippen molar-refractivity contribution in [1.82, 2.24) is 4.98 Å². The van der Waals surface area contributed by atoms with E-state index in [-0.39, 0.29) is 5.91 Å². The fraction of sp³-hybridized carbons (Fsp3) is 0.0714. The monoisotopic (exact) mass is 364 g/mol. The van der Waals surface area contributed by atoms with Crippen LogP contribution in [0.3, 0.4) is 0 Å². The Hall–Kier alpha value is -2.10. The summed E-state index contributed by atoms with van der Waals surface area (Å²) in [6.07, 6.45) is 1.59. The zero-order valence-corrected chi connectivity index (χ0v) is 13.3. The molecule has 0 saturated heterocycles. The highest BCUT2D eigenvalue weighted by Crippen LogP contribution is 2.23. The Morgan fingerprint density at radius 2 is 2.19 bits per heavy atom. The van der Waals surface area contributed by atoms with Gasteiger partial charge in [0, 0.05) is 22.7 Å². The van der Waals surface area contributed by atoms with Crippen LogP contribution < -0.4 is 10.6 Å². The maximum absolute atomic E-state index is 12.4. The summed E-state index contributed by atoms with van der Waals surface area (Å²) < 4.78 is 0.679. The van der Waals surface area contributed by atoms with E-state index in [4.69, 9.17) is 16.9 Å². The van der Waals surface area contributed by atoms with Crippen molar-refractivity contribution in [1.29, 1.82) is 5.26 Å². The summed E-state index contributed by atoms with van der Waals surface area (Å²) in [5, 5.41) is 15.0. The minimum Gasteiger partial charge on any atom is -0.372 e. The van der Waals surface area contributed by atoms with Crippen LogP contribution in [0.4, 0.5) is 11.5 Å². The normalized spacial score (nSPS) is 9.81. The van der Waals surface area contributed by atoms with Crippen LogP contribution in [0, 0.1) is 11.3 Å². The first-order valence-electron chi connectivity index (χ1n) is 5.89. The van der Waals surface area contributed by atoms with Crippen molar-refractivity contribution in [2.45, 2.75) is 0 Å². The molecule has 0 radical (unpaired) electrons. The van der Waals surface area contributed by atoms with Gasteiger partial charge in [0.15, 0.2) is 0 Å². The second kappa shape index (κ2) is 6.57. The molecule has 1 heterocycles. The standard InChI is InChI=1S/C14H10BrClN4O/c1-18-13-11(4-9(15)7-19-13)14(21)20-12-5-10(16)3-2-8(12)6-17/h2-5,7H,1H3,(H,18,19)(H,20,21). The maximum atomic E-state index is 12.4. The van der Waals surface area contributed by atoms with Crippen LogP contribution in [0.5, 0.6) is 0 Å². The van der Waals surface area contributed by atoms with Crippen molar-refractivity contribution in [3.63, 3.8) is 0 Å². The Kier molecular flexibility index (Phi) is 4.78. The molecule has 0 unspecified atom stereocenters. The molecule has 7 heteroatoms. The van der Waals surface area contributed by atoms with E-state index in [1.54, 1.807) is 31.4 Å². The number of hydrogen-bond donors (Lipinski definition) is 2. The first kappa shape index (κ1) is 15.3. The second-order valence-corrected chi connectivity index (χ2v) is 5.41. The SMILES string of the molecule is CNc1ncc(Br)cc1C(=O)Nc1cc(Cl)ccc1C#N. The van der Waals surface area contributed by atoms with E-state index in [0.717, 1.165) is 0 Å². The van der Waals surface area contributed by atoms with Crippen molar-refractivity contribution >= 4 is 44.9 Å². The molecular formula is C14H10BrClN4O. The van der Waals surface area contributed by atoms with Crippen molar-refractivity contribution in [3.05, 3.63) is 51.1 Å². The number of nitrogens with zero attached hydrogens (tertiary/aromatic N) is 2. The number of carbonyl (C=O) groups is 1. The number of aromatic nitrogens is 1. The van der Waals surface area contributed by atoms with Gasteiger partial charge in [-0.15, -0.1) is 0 Å². The van der Waals surface area contributed by atoms with Crippen LogP contribution in [0.15, 0.2) is 34.9 Å². The van der Waals surface area contributed by atoms with Gasteiger partial charge in [-0.1, -0.05) is 11.6 Å². The van der Waals surface area contributed by atoms with E-state index in [0.29, 0.717) is 32.1 Å². The third-order valence-corrected chi connectivity index (χ3v) is 3.35. The number of anilines is 2. The summed E-state index contributed by atoms with van der Waals surface area (Å²) in [6.45, 7) is 0. The topological polar surface area (TPSA) is 77.8 Å². The lowest BCUT2D eigenvalue weighted by Crippen LogP contribution is -2.15. The largest absolute Gasteiger partial charge is 0.372 e. The molecule has 0 aliphatic heterocycles. The summed E-state index contributed by atoms with van der Waals surface area (Å²) in [5.74, 6) is 0.0585. The van der Waals surface area contributed by atoms with Crippen molar-refractivity contribution < 1.29 is 4.79 Å². The molecular weight excluding hydrogens is 356 g/mol. The van der Waals surface area contributed by atoms with Gasteiger partial charge < -0.3 is 10.6 Å². The summed E-state index contributed by atoms with van der Waals surface area (Å²) in [4.78, 5) is 16.5. The number of hydrogen-bond acceptors (Lipinski definition) is 4. The minimum atomic E-state index is -0.382. The van der Waals surface area contributed by atoms with Gasteiger partial charge >= 0.3 is 0 Å². The molecule has 1 aromatic heterocycles. The average Bonchev–Trinajstić information content (AvgIpc) is 2.47. The molecule has 0 aliphatic rings. The summed E-state index contributed by atoms with van der Waals surface area (Å²) in [6, 6.07) is 8.32. The van der Waals surface area contributed by atoms with Gasteiger partial charge in [-0.25, -0.2) is 4.98 Å². The first-order chi connectivity index (χ1) is 10.0. The number of nitriles is 1. The Balaban J connectivity index is 2.37. The molecule has 2 rings (SSSR count).